The van der Waals surface area contributed by atoms with E-state index in [1.165, 1.54) is 19.1 Å². The summed E-state index contributed by atoms with van der Waals surface area (Å²) in [5.74, 6) is -3.62. The van der Waals surface area contributed by atoms with Crippen LogP contribution in [0, 0.1) is 5.82 Å². The van der Waals surface area contributed by atoms with E-state index >= 15 is 0 Å². The van der Waals surface area contributed by atoms with Crippen LogP contribution in [-0.4, -0.2) is 43.2 Å². The van der Waals surface area contributed by atoms with Gasteiger partial charge in [-0.3, -0.25) is 9.59 Å². The summed E-state index contributed by atoms with van der Waals surface area (Å²) in [5.41, 5.74) is 0.202. The number of alkyl halides is 3. The normalized spacial score (nSPS) is 12.7. The van der Waals surface area contributed by atoms with Gasteiger partial charge in [0.25, 0.3) is 0 Å². The quantitative estimate of drug-likeness (QED) is 0.563. The molecule has 1 rings (SSSR count). The summed E-state index contributed by atoms with van der Waals surface area (Å²) in [5, 5.41) is 0. The average Bonchev–Trinajstić information content (AvgIpc) is 2.46. The van der Waals surface area contributed by atoms with Crippen molar-refractivity contribution in [1.82, 2.24) is 4.90 Å². The summed E-state index contributed by atoms with van der Waals surface area (Å²) in [6.07, 6.45) is -4.67. The third-order valence-electron chi connectivity index (χ3n) is 3.04. The van der Waals surface area contributed by atoms with E-state index in [1.807, 2.05) is 0 Å². The molecule has 0 saturated heterocycles. The fraction of sp³-hybridized carbons (Fsp3) is 0.429. The van der Waals surface area contributed by atoms with E-state index in [2.05, 4.69) is 20.7 Å². The van der Waals surface area contributed by atoms with Crippen molar-refractivity contribution in [3.8, 4) is 0 Å². The van der Waals surface area contributed by atoms with Gasteiger partial charge in [0, 0.05) is 0 Å². The Labute approximate surface area is 138 Å². The highest BCUT2D eigenvalue weighted by Gasteiger charge is 2.36. The van der Waals surface area contributed by atoms with Crippen molar-refractivity contribution < 1.29 is 31.9 Å². The molecule has 0 radical (unpaired) electrons. The molecule has 1 atom stereocenters. The molecule has 0 aliphatic rings. The number of carbonyl (C=O) groups excluding carboxylic acids is 2. The first kappa shape index (κ1) is 19.4. The van der Waals surface area contributed by atoms with Crippen molar-refractivity contribution in [2.45, 2.75) is 19.0 Å². The molecule has 0 N–H and O–H groups in total. The number of amides is 1. The van der Waals surface area contributed by atoms with Crippen molar-refractivity contribution in [3.63, 3.8) is 0 Å². The van der Waals surface area contributed by atoms with Crippen LogP contribution in [0.15, 0.2) is 22.7 Å². The van der Waals surface area contributed by atoms with Crippen LogP contribution in [0.3, 0.4) is 0 Å². The van der Waals surface area contributed by atoms with Crippen LogP contribution < -0.4 is 0 Å². The van der Waals surface area contributed by atoms with Crippen LogP contribution in [0.1, 0.15) is 18.4 Å². The predicted molar refractivity (Wildman–Crippen MR) is 77.2 cm³/mol. The van der Waals surface area contributed by atoms with Crippen LogP contribution >= 0.6 is 15.9 Å². The Hall–Kier alpha value is -1.64. The topological polar surface area (TPSA) is 46.6 Å². The fourth-order valence-electron chi connectivity index (χ4n) is 1.85. The second kappa shape index (κ2) is 7.76. The van der Waals surface area contributed by atoms with Crippen molar-refractivity contribution in [2.75, 3.05) is 20.2 Å². The van der Waals surface area contributed by atoms with Gasteiger partial charge in [-0.2, -0.15) is 13.2 Å². The van der Waals surface area contributed by atoms with E-state index in [-0.39, 0.29) is 10.0 Å². The molecule has 0 aliphatic heterocycles. The number of hydrogen-bond donors (Lipinski definition) is 0. The van der Waals surface area contributed by atoms with Gasteiger partial charge >= 0.3 is 12.1 Å². The zero-order chi connectivity index (χ0) is 17.8. The van der Waals surface area contributed by atoms with Gasteiger partial charge in [-0.15, -0.1) is 0 Å². The van der Waals surface area contributed by atoms with E-state index in [1.54, 1.807) is 0 Å². The van der Waals surface area contributed by atoms with Crippen molar-refractivity contribution in [3.05, 3.63) is 34.1 Å². The van der Waals surface area contributed by atoms with Crippen molar-refractivity contribution in [2.24, 2.45) is 0 Å². The summed E-state index contributed by atoms with van der Waals surface area (Å²) in [6, 6.07) is 3.82. The SMILES string of the molecule is COC(=O)CN(CC(F)(F)F)C(=O)C(C)c1ccc(Br)c(F)c1. The van der Waals surface area contributed by atoms with Crippen molar-refractivity contribution in [1.29, 1.82) is 0 Å². The average molecular weight is 400 g/mol. The van der Waals surface area contributed by atoms with Gasteiger partial charge in [-0.25, -0.2) is 4.39 Å². The highest BCUT2D eigenvalue weighted by Crippen LogP contribution is 2.25. The molecular weight excluding hydrogens is 386 g/mol. The predicted octanol–water partition coefficient (Wildman–Crippen LogP) is 3.26. The molecular formula is C14H14BrF4NO3. The van der Waals surface area contributed by atoms with Gasteiger partial charge < -0.3 is 9.64 Å². The molecule has 0 aromatic heterocycles. The molecule has 0 saturated carbocycles. The third-order valence-corrected chi connectivity index (χ3v) is 3.69. The smallest absolute Gasteiger partial charge is 0.406 e. The molecule has 1 unspecified atom stereocenters. The highest BCUT2D eigenvalue weighted by molar-refractivity contribution is 9.10. The molecule has 0 heterocycles. The number of halogens is 5. The minimum atomic E-state index is -4.67. The standard InChI is InChI=1S/C14H14BrF4NO3/c1-8(9-3-4-10(15)11(16)5-9)13(22)20(6-12(21)23-2)7-14(17,18)19/h3-5,8H,6-7H2,1-2H3. The number of ether oxygens (including phenoxy) is 1. The summed E-state index contributed by atoms with van der Waals surface area (Å²) in [6.45, 7) is -1.09. The maximum atomic E-state index is 13.5. The van der Waals surface area contributed by atoms with Gasteiger partial charge in [-0.1, -0.05) is 6.07 Å². The monoisotopic (exact) mass is 399 g/mol. The number of nitrogens with zero attached hydrogens (tertiary/aromatic N) is 1. The molecule has 9 heteroatoms. The maximum absolute atomic E-state index is 13.5. The van der Waals surface area contributed by atoms with E-state index < -0.39 is 42.9 Å². The molecule has 0 fully saturated rings. The zero-order valence-corrected chi connectivity index (χ0v) is 13.9. The van der Waals surface area contributed by atoms with E-state index in [0.717, 1.165) is 13.2 Å². The lowest BCUT2D eigenvalue weighted by molar-refractivity contribution is -0.167. The Morgan fingerprint density at radius 3 is 2.43 bits per heavy atom. The molecule has 23 heavy (non-hydrogen) atoms. The number of esters is 1. The second-order valence-corrected chi connectivity index (χ2v) is 5.64. The van der Waals surface area contributed by atoms with E-state index in [4.69, 9.17) is 0 Å². The minimum absolute atomic E-state index is 0.169. The minimum Gasteiger partial charge on any atom is -0.468 e. The molecule has 0 aliphatic carbocycles. The van der Waals surface area contributed by atoms with Gasteiger partial charge in [0.1, 0.15) is 18.9 Å². The first-order valence-corrected chi connectivity index (χ1v) is 7.21. The van der Waals surface area contributed by atoms with E-state index in [9.17, 15) is 27.2 Å². The van der Waals surface area contributed by atoms with Gasteiger partial charge in [0.2, 0.25) is 5.91 Å². The number of hydrogen-bond acceptors (Lipinski definition) is 3. The Morgan fingerprint density at radius 1 is 1.35 bits per heavy atom. The van der Waals surface area contributed by atoms with Crippen LogP contribution in [0.5, 0.6) is 0 Å². The molecule has 0 spiro atoms. The summed E-state index contributed by atoms with van der Waals surface area (Å²) < 4.78 is 55.8. The summed E-state index contributed by atoms with van der Waals surface area (Å²) >= 11 is 2.95. The molecule has 4 nitrogen and oxygen atoms in total. The number of rotatable bonds is 5. The van der Waals surface area contributed by atoms with Crippen LogP contribution in [0.2, 0.25) is 0 Å². The third kappa shape index (κ3) is 5.81. The maximum Gasteiger partial charge on any atom is 0.406 e. The number of benzene rings is 1. The summed E-state index contributed by atoms with van der Waals surface area (Å²) in [7, 11) is 1.01. The fourth-order valence-corrected chi connectivity index (χ4v) is 2.09. The lowest BCUT2D eigenvalue weighted by Crippen LogP contribution is -2.44. The van der Waals surface area contributed by atoms with Crippen LogP contribution in [0.4, 0.5) is 17.6 Å². The number of carbonyl (C=O) groups is 2. The van der Waals surface area contributed by atoms with Gasteiger partial charge in [0.15, 0.2) is 0 Å². The molecule has 1 amide bonds. The van der Waals surface area contributed by atoms with Crippen molar-refractivity contribution >= 4 is 27.8 Å². The molecule has 128 valence electrons. The molecule has 0 bridgehead atoms. The Bertz CT molecular complexity index is 592. The first-order chi connectivity index (χ1) is 10.5. The van der Waals surface area contributed by atoms with Crippen LogP contribution in [-0.2, 0) is 14.3 Å². The van der Waals surface area contributed by atoms with Gasteiger partial charge in [0.05, 0.1) is 17.5 Å². The van der Waals surface area contributed by atoms with E-state index in [0.29, 0.717) is 4.90 Å². The second-order valence-electron chi connectivity index (χ2n) is 4.78. The Balaban J connectivity index is 3.01. The molecule has 1 aromatic rings. The lowest BCUT2D eigenvalue weighted by atomic mass is 9.99. The van der Waals surface area contributed by atoms with Gasteiger partial charge in [-0.05, 0) is 40.5 Å². The highest BCUT2D eigenvalue weighted by atomic mass is 79.9. The van der Waals surface area contributed by atoms with Crippen LogP contribution in [0.25, 0.3) is 0 Å². The first-order valence-electron chi connectivity index (χ1n) is 6.42. The molecule has 1 aromatic carbocycles. The largest absolute Gasteiger partial charge is 0.468 e. The zero-order valence-electron chi connectivity index (χ0n) is 12.3. The number of methoxy groups -OCH3 is 1. The lowest BCUT2D eigenvalue weighted by Gasteiger charge is -2.26. The Morgan fingerprint density at radius 2 is 1.96 bits per heavy atom. The Kier molecular flexibility index (Phi) is 6.55. The summed E-state index contributed by atoms with van der Waals surface area (Å²) in [4.78, 5) is 23.8.